The number of ether oxygens (including phenoxy) is 4. The summed E-state index contributed by atoms with van der Waals surface area (Å²) >= 11 is 6.39. The van der Waals surface area contributed by atoms with Crippen molar-refractivity contribution in [3.05, 3.63) is 46.5 Å². The number of rotatable bonds is 4. The van der Waals surface area contributed by atoms with Crippen LogP contribution in [0.15, 0.2) is 30.3 Å². The van der Waals surface area contributed by atoms with Crippen LogP contribution in [0.4, 0.5) is 9.59 Å². The lowest BCUT2D eigenvalue weighted by Gasteiger charge is -2.25. The summed E-state index contributed by atoms with van der Waals surface area (Å²) in [6.45, 7) is 20.2. The Labute approximate surface area is 294 Å². The fourth-order valence-corrected chi connectivity index (χ4v) is 5.98. The summed E-state index contributed by atoms with van der Waals surface area (Å²) in [6, 6.07) is 9.43. The summed E-state index contributed by atoms with van der Waals surface area (Å²) in [5, 5.41) is 6.05. The summed E-state index contributed by atoms with van der Waals surface area (Å²) < 4.78 is 46.5. The van der Waals surface area contributed by atoms with E-state index in [2.05, 4.69) is 10.6 Å². The first-order chi connectivity index (χ1) is 22.7. The van der Waals surface area contributed by atoms with Crippen molar-refractivity contribution in [3.63, 3.8) is 0 Å². The molecule has 4 heterocycles. The molecule has 0 aliphatic carbocycles. The Hall–Kier alpha value is -3.16. The highest BCUT2D eigenvalue weighted by Crippen LogP contribution is 2.37. The van der Waals surface area contributed by atoms with Crippen LogP contribution < -0.4 is 31.0 Å². The van der Waals surface area contributed by atoms with E-state index < -0.39 is 54.9 Å². The molecule has 266 valence electrons. The second-order valence-corrected chi connectivity index (χ2v) is 16.1. The van der Waals surface area contributed by atoms with Crippen molar-refractivity contribution in [1.29, 1.82) is 0 Å². The van der Waals surface area contributed by atoms with Gasteiger partial charge in [0.15, 0.2) is 0 Å². The predicted octanol–water partition coefficient (Wildman–Crippen LogP) is 4.98. The van der Waals surface area contributed by atoms with Crippen molar-refractivity contribution < 1.29 is 47.2 Å². The Morgan fingerprint density at radius 2 is 1.27 bits per heavy atom. The van der Waals surface area contributed by atoms with Crippen LogP contribution in [0.3, 0.4) is 0 Å². The molecule has 0 radical (unpaired) electrons. The minimum absolute atomic E-state index is 0.228. The molecule has 6 rings (SSSR count). The Kier molecular flexibility index (Phi) is 10.5. The van der Waals surface area contributed by atoms with Gasteiger partial charge in [0.25, 0.3) is 0 Å². The first-order valence-electron chi connectivity index (χ1n) is 16.5. The van der Waals surface area contributed by atoms with Gasteiger partial charge in [0.05, 0.1) is 23.4 Å². The maximum absolute atomic E-state index is 11.9. The normalized spacial score (nSPS) is 21.4. The molecule has 0 saturated carbocycles. The standard InChI is InChI=1S/C17H23BClNO5.C17H24BNO5/c1-16(2,3)23-15(21)20-8-12-13-10(19)6-7-11-14(13)18(24-12)25-17(4,5)9-22-11;1-16(2,3)22-15(20)19-9-13-11-7-6-8-12-14(11)18(23-13)24-17(4,5)10-21-12/h6-7,12H,8-9H2,1-5H3,(H,20,21);6-8,13H,9-10H2,1-5H3,(H,19,20). The van der Waals surface area contributed by atoms with Gasteiger partial charge in [0, 0.05) is 34.6 Å². The molecule has 15 heteroatoms. The van der Waals surface area contributed by atoms with E-state index in [1.54, 1.807) is 6.07 Å². The number of halogens is 1. The average molecular weight is 701 g/mol. The number of hydrogen-bond acceptors (Lipinski definition) is 10. The van der Waals surface area contributed by atoms with E-state index in [-0.39, 0.29) is 12.6 Å². The Morgan fingerprint density at radius 3 is 1.82 bits per heavy atom. The van der Waals surface area contributed by atoms with Crippen LogP contribution in [-0.4, -0.2) is 75.1 Å². The van der Waals surface area contributed by atoms with Gasteiger partial charge in [-0.2, -0.15) is 0 Å². The Balaban J connectivity index is 0.000000191. The van der Waals surface area contributed by atoms with Gasteiger partial charge in [0.2, 0.25) is 0 Å². The molecule has 0 aromatic heterocycles. The van der Waals surface area contributed by atoms with Gasteiger partial charge in [-0.25, -0.2) is 9.59 Å². The highest BCUT2D eigenvalue weighted by Gasteiger charge is 2.47. The highest BCUT2D eigenvalue weighted by molar-refractivity contribution is 6.65. The minimum Gasteiger partial charge on any atom is -0.491 e. The molecule has 2 atom stereocenters. The van der Waals surface area contributed by atoms with Gasteiger partial charge < -0.3 is 48.2 Å². The summed E-state index contributed by atoms with van der Waals surface area (Å²) in [7, 11) is -1.06. The monoisotopic (exact) mass is 700 g/mol. The molecule has 4 aliphatic rings. The number of carbonyl (C=O) groups excluding carboxylic acids is 2. The van der Waals surface area contributed by atoms with Crippen LogP contribution in [0.2, 0.25) is 5.02 Å². The van der Waals surface area contributed by atoms with Crippen LogP contribution >= 0.6 is 11.6 Å². The van der Waals surface area contributed by atoms with Gasteiger partial charge in [-0.15, -0.1) is 0 Å². The Morgan fingerprint density at radius 1 is 0.776 bits per heavy atom. The van der Waals surface area contributed by atoms with Gasteiger partial charge in [-0.3, -0.25) is 0 Å². The molecule has 0 saturated heterocycles. The van der Waals surface area contributed by atoms with Gasteiger partial charge in [-0.05, 0) is 93.0 Å². The molecular weight excluding hydrogens is 653 g/mol. The third-order valence-electron chi connectivity index (χ3n) is 7.67. The molecule has 4 aliphatic heterocycles. The molecule has 0 bridgehead atoms. The van der Waals surface area contributed by atoms with E-state index in [0.29, 0.717) is 30.5 Å². The lowest BCUT2D eigenvalue weighted by molar-refractivity contribution is 0.0249. The molecule has 0 fully saturated rings. The third-order valence-corrected chi connectivity index (χ3v) is 8.00. The SMILES string of the molecule is CC(C)(C)OC(=O)NCC1OB2OC(C)(C)COc3ccc(Cl)c1c32.CC(C)(C)OC(=O)NCC1OB2OC(C)(C)COc3cccc1c32. The van der Waals surface area contributed by atoms with Crippen LogP contribution in [0.25, 0.3) is 0 Å². The summed E-state index contributed by atoms with van der Waals surface area (Å²) in [4.78, 5) is 23.8. The van der Waals surface area contributed by atoms with E-state index in [1.807, 2.05) is 93.5 Å². The van der Waals surface area contributed by atoms with Gasteiger partial charge in [0.1, 0.15) is 35.9 Å². The van der Waals surface area contributed by atoms with Crippen LogP contribution in [-0.2, 0) is 28.1 Å². The van der Waals surface area contributed by atoms with Crippen molar-refractivity contribution in [2.24, 2.45) is 0 Å². The zero-order valence-corrected chi connectivity index (χ0v) is 30.7. The first kappa shape index (κ1) is 37.1. The second kappa shape index (κ2) is 13.9. The van der Waals surface area contributed by atoms with Crippen LogP contribution in [0, 0.1) is 0 Å². The summed E-state index contributed by atoms with van der Waals surface area (Å²) in [6.07, 6.45) is -1.69. The van der Waals surface area contributed by atoms with E-state index in [1.165, 1.54) is 0 Å². The maximum Gasteiger partial charge on any atom is 0.499 e. The average Bonchev–Trinajstić information content (AvgIpc) is 3.41. The smallest absolute Gasteiger partial charge is 0.491 e. The van der Waals surface area contributed by atoms with Crippen molar-refractivity contribution in [3.8, 4) is 11.5 Å². The zero-order chi connectivity index (χ0) is 35.9. The highest BCUT2D eigenvalue weighted by atomic mass is 35.5. The summed E-state index contributed by atoms with van der Waals surface area (Å²) in [5.74, 6) is 1.48. The largest absolute Gasteiger partial charge is 0.499 e. The quantitative estimate of drug-likeness (QED) is 0.421. The predicted molar refractivity (Wildman–Crippen MR) is 186 cm³/mol. The van der Waals surface area contributed by atoms with E-state index in [4.69, 9.17) is 49.2 Å². The molecule has 2 N–H and O–H groups in total. The maximum atomic E-state index is 11.9. The zero-order valence-electron chi connectivity index (χ0n) is 30.0. The topological polar surface area (TPSA) is 132 Å². The van der Waals surface area contributed by atoms with Crippen molar-refractivity contribution in [2.45, 2.75) is 104 Å². The van der Waals surface area contributed by atoms with Gasteiger partial charge in [-0.1, -0.05) is 23.7 Å². The second-order valence-electron chi connectivity index (χ2n) is 15.6. The number of carbonyl (C=O) groups is 2. The molecule has 12 nitrogen and oxygen atoms in total. The molecular formula is C34H47B2ClN2O10. The molecule has 2 amide bonds. The van der Waals surface area contributed by atoms with Gasteiger partial charge >= 0.3 is 26.4 Å². The molecule has 2 aromatic rings. The Bertz CT molecular complexity index is 1560. The van der Waals surface area contributed by atoms with Crippen LogP contribution in [0.5, 0.6) is 11.5 Å². The van der Waals surface area contributed by atoms with Crippen molar-refractivity contribution in [2.75, 3.05) is 26.3 Å². The number of hydrogen-bond donors (Lipinski definition) is 2. The number of nitrogens with one attached hydrogen (secondary N) is 2. The summed E-state index contributed by atoms with van der Waals surface area (Å²) in [5.41, 5.74) is 1.44. The van der Waals surface area contributed by atoms with Crippen LogP contribution in [0.1, 0.15) is 92.6 Å². The fourth-order valence-electron chi connectivity index (χ4n) is 5.69. The third kappa shape index (κ3) is 9.35. The first-order valence-corrected chi connectivity index (χ1v) is 16.9. The number of benzene rings is 2. The molecule has 0 spiro atoms. The van der Waals surface area contributed by atoms with Crippen molar-refractivity contribution >= 4 is 48.9 Å². The number of alkyl carbamates (subject to hydrolysis) is 2. The molecule has 2 unspecified atom stereocenters. The molecule has 2 aromatic carbocycles. The lowest BCUT2D eigenvalue weighted by atomic mass is 9.77. The van der Waals surface area contributed by atoms with E-state index in [9.17, 15) is 9.59 Å². The minimum atomic E-state index is -0.577. The lowest BCUT2D eigenvalue weighted by Crippen LogP contribution is -2.41. The van der Waals surface area contributed by atoms with E-state index in [0.717, 1.165) is 27.8 Å². The van der Waals surface area contributed by atoms with Crippen molar-refractivity contribution in [1.82, 2.24) is 10.6 Å². The number of amides is 2. The molecule has 49 heavy (non-hydrogen) atoms. The van der Waals surface area contributed by atoms with E-state index >= 15 is 0 Å². The fraction of sp³-hybridized carbons (Fsp3) is 0.588.